The van der Waals surface area contributed by atoms with Crippen molar-refractivity contribution in [1.29, 1.82) is 0 Å². The van der Waals surface area contributed by atoms with Crippen LogP contribution in [0.5, 0.6) is 0 Å². The van der Waals surface area contributed by atoms with Gasteiger partial charge in [-0.05, 0) is 48.4 Å². The molecule has 0 aliphatic carbocycles. The molecule has 2 amide bonds. The van der Waals surface area contributed by atoms with Crippen molar-refractivity contribution >= 4 is 29.1 Å². The molecule has 1 heterocycles. The third kappa shape index (κ3) is 4.57. The number of benzene rings is 2. The largest absolute Gasteiger partial charge is 0.416 e. The average Bonchev–Trinajstić information content (AvgIpc) is 2.96. The van der Waals surface area contributed by atoms with Crippen molar-refractivity contribution in [3.63, 3.8) is 0 Å². The quantitative estimate of drug-likeness (QED) is 0.549. The summed E-state index contributed by atoms with van der Waals surface area (Å²) >= 11 is 5.76. The van der Waals surface area contributed by atoms with Gasteiger partial charge in [-0.25, -0.2) is 4.39 Å². The highest BCUT2D eigenvalue weighted by Gasteiger charge is 2.51. The molecule has 0 saturated carbocycles. The summed E-state index contributed by atoms with van der Waals surface area (Å²) in [6.45, 7) is -0.124. The highest BCUT2D eigenvalue weighted by atomic mass is 35.5. The van der Waals surface area contributed by atoms with Gasteiger partial charge in [-0.2, -0.15) is 13.2 Å². The SMILES string of the molecule is O=C(NCCc1cc(F)cc(Cl)c1)C1(O)CCN(c2cccc(C(F)(F)F)c2)C1=O. The lowest BCUT2D eigenvalue weighted by Gasteiger charge is -2.22. The molecule has 5 nitrogen and oxygen atoms in total. The van der Waals surface area contributed by atoms with Crippen LogP contribution >= 0.6 is 11.6 Å². The Morgan fingerprint density at radius 2 is 1.97 bits per heavy atom. The van der Waals surface area contributed by atoms with Crippen molar-refractivity contribution in [3.05, 3.63) is 64.4 Å². The molecule has 160 valence electrons. The van der Waals surface area contributed by atoms with Crippen molar-refractivity contribution in [1.82, 2.24) is 5.32 Å². The lowest BCUT2D eigenvalue weighted by Crippen LogP contribution is -2.52. The Bertz CT molecular complexity index is 963. The zero-order valence-corrected chi connectivity index (χ0v) is 16.2. The molecule has 3 rings (SSSR count). The van der Waals surface area contributed by atoms with Gasteiger partial charge in [0.25, 0.3) is 11.8 Å². The third-order valence-electron chi connectivity index (χ3n) is 4.78. The number of nitrogens with one attached hydrogen (secondary N) is 1. The highest BCUT2D eigenvalue weighted by Crippen LogP contribution is 2.34. The first-order valence-corrected chi connectivity index (χ1v) is 9.33. The maximum Gasteiger partial charge on any atom is 0.416 e. The van der Waals surface area contributed by atoms with E-state index in [0.717, 1.165) is 29.2 Å². The molecule has 1 aliphatic rings. The Labute approximate surface area is 174 Å². The molecule has 0 aromatic heterocycles. The molecule has 2 aromatic carbocycles. The van der Waals surface area contributed by atoms with Crippen LogP contribution in [-0.4, -0.2) is 35.6 Å². The Balaban J connectivity index is 1.66. The first-order chi connectivity index (χ1) is 14.0. The van der Waals surface area contributed by atoms with E-state index in [9.17, 15) is 32.3 Å². The van der Waals surface area contributed by atoms with Crippen LogP contribution in [-0.2, 0) is 22.2 Å². The molecule has 2 aromatic rings. The number of aliphatic hydroxyl groups is 1. The molecule has 1 aliphatic heterocycles. The minimum Gasteiger partial charge on any atom is -0.372 e. The van der Waals surface area contributed by atoms with Gasteiger partial charge in [0, 0.05) is 30.2 Å². The fourth-order valence-corrected chi connectivity index (χ4v) is 3.48. The molecule has 1 fully saturated rings. The first kappa shape index (κ1) is 22.0. The Kier molecular flexibility index (Phi) is 6.05. The van der Waals surface area contributed by atoms with Crippen LogP contribution in [0.15, 0.2) is 42.5 Å². The molecule has 1 unspecified atom stereocenters. The van der Waals surface area contributed by atoms with Gasteiger partial charge < -0.3 is 15.3 Å². The average molecular weight is 445 g/mol. The number of carbonyl (C=O) groups excluding carboxylic acids is 2. The predicted molar refractivity (Wildman–Crippen MR) is 101 cm³/mol. The fraction of sp³-hybridized carbons (Fsp3) is 0.300. The number of amides is 2. The van der Waals surface area contributed by atoms with Crippen LogP contribution in [0.3, 0.4) is 0 Å². The van der Waals surface area contributed by atoms with Crippen molar-refractivity contribution < 1.29 is 32.3 Å². The second-order valence-corrected chi connectivity index (χ2v) is 7.34. The second-order valence-electron chi connectivity index (χ2n) is 6.90. The van der Waals surface area contributed by atoms with Crippen LogP contribution in [0, 0.1) is 5.82 Å². The van der Waals surface area contributed by atoms with E-state index < -0.39 is 35.0 Å². The van der Waals surface area contributed by atoms with E-state index in [2.05, 4.69) is 5.32 Å². The van der Waals surface area contributed by atoms with E-state index in [-0.39, 0.29) is 36.6 Å². The van der Waals surface area contributed by atoms with E-state index >= 15 is 0 Å². The fourth-order valence-electron chi connectivity index (χ4n) is 3.23. The topological polar surface area (TPSA) is 69.6 Å². The van der Waals surface area contributed by atoms with Gasteiger partial charge in [0.1, 0.15) is 5.82 Å². The van der Waals surface area contributed by atoms with Gasteiger partial charge in [0.2, 0.25) is 5.60 Å². The van der Waals surface area contributed by atoms with Gasteiger partial charge in [-0.1, -0.05) is 17.7 Å². The molecule has 0 radical (unpaired) electrons. The van der Waals surface area contributed by atoms with Crippen LogP contribution in [0.1, 0.15) is 17.5 Å². The molecule has 0 bridgehead atoms. The smallest absolute Gasteiger partial charge is 0.372 e. The first-order valence-electron chi connectivity index (χ1n) is 8.95. The van der Waals surface area contributed by atoms with Crippen molar-refractivity contribution in [2.24, 2.45) is 0 Å². The number of nitrogens with zero attached hydrogens (tertiary/aromatic N) is 1. The third-order valence-corrected chi connectivity index (χ3v) is 5.00. The van der Waals surface area contributed by atoms with E-state index in [1.807, 2.05) is 0 Å². The van der Waals surface area contributed by atoms with E-state index in [0.29, 0.717) is 5.56 Å². The van der Waals surface area contributed by atoms with Crippen LogP contribution in [0.2, 0.25) is 5.02 Å². The van der Waals surface area contributed by atoms with Crippen molar-refractivity contribution in [2.75, 3.05) is 18.0 Å². The summed E-state index contributed by atoms with van der Waals surface area (Å²) in [4.78, 5) is 26.0. The number of alkyl halides is 3. The zero-order chi connectivity index (χ0) is 22.1. The van der Waals surface area contributed by atoms with E-state index in [1.54, 1.807) is 0 Å². The molecular formula is C20H17ClF4N2O3. The minimum absolute atomic E-state index is 0.00222. The Hall–Kier alpha value is -2.65. The van der Waals surface area contributed by atoms with Crippen molar-refractivity contribution in [3.8, 4) is 0 Å². The molecule has 2 N–H and O–H groups in total. The predicted octanol–water partition coefficient (Wildman–Crippen LogP) is 3.32. The van der Waals surface area contributed by atoms with Gasteiger partial charge in [0.15, 0.2) is 0 Å². The lowest BCUT2D eigenvalue weighted by molar-refractivity contribution is -0.149. The molecular weight excluding hydrogens is 428 g/mol. The lowest BCUT2D eigenvalue weighted by atomic mass is 10.0. The Morgan fingerprint density at radius 1 is 1.23 bits per heavy atom. The molecule has 10 heteroatoms. The maximum absolute atomic E-state index is 13.3. The molecule has 30 heavy (non-hydrogen) atoms. The van der Waals surface area contributed by atoms with Gasteiger partial charge in [0.05, 0.1) is 5.56 Å². The summed E-state index contributed by atoms with van der Waals surface area (Å²) < 4.78 is 52.1. The van der Waals surface area contributed by atoms with Crippen LogP contribution in [0.4, 0.5) is 23.2 Å². The minimum atomic E-state index is -4.59. The number of hydrogen-bond donors (Lipinski definition) is 2. The normalized spacial score (nSPS) is 19.3. The number of carbonyl (C=O) groups is 2. The Morgan fingerprint density at radius 3 is 2.63 bits per heavy atom. The van der Waals surface area contributed by atoms with Gasteiger partial charge >= 0.3 is 6.18 Å². The van der Waals surface area contributed by atoms with Gasteiger partial charge in [-0.15, -0.1) is 0 Å². The summed E-state index contributed by atoms with van der Waals surface area (Å²) in [6, 6.07) is 7.98. The highest BCUT2D eigenvalue weighted by molar-refractivity contribution is 6.30. The van der Waals surface area contributed by atoms with Crippen molar-refractivity contribution in [2.45, 2.75) is 24.6 Å². The maximum atomic E-state index is 13.3. The van der Waals surface area contributed by atoms with Gasteiger partial charge in [-0.3, -0.25) is 9.59 Å². The standard InChI is InChI=1S/C20H17ClF4N2O3/c21-14-8-12(9-15(22)11-14)4-6-26-17(28)19(30)5-7-27(18(19)29)16-3-1-2-13(10-16)20(23,24)25/h1-3,8-11,30H,4-7H2,(H,26,28). The zero-order valence-electron chi connectivity index (χ0n) is 15.5. The monoisotopic (exact) mass is 444 g/mol. The van der Waals surface area contributed by atoms with E-state index in [1.165, 1.54) is 18.2 Å². The number of anilines is 1. The summed E-state index contributed by atoms with van der Waals surface area (Å²) in [7, 11) is 0. The number of rotatable bonds is 5. The summed E-state index contributed by atoms with van der Waals surface area (Å²) in [5.41, 5.74) is -2.89. The second kappa shape index (κ2) is 8.23. The molecule has 1 atom stereocenters. The molecule has 1 saturated heterocycles. The molecule has 0 spiro atoms. The summed E-state index contributed by atoms with van der Waals surface area (Å²) in [6.07, 6.45) is -4.67. The summed E-state index contributed by atoms with van der Waals surface area (Å²) in [5.74, 6) is -2.51. The van der Waals surface area contributed by atoms with Crippen LogP contribution in [0.25, 0.3) is 0 Å². The van der Waals surface area contributed by atoms with Crippen LogP contribution < -0.4 is 10.2 Å². The van der Waals surface area contributed by atoms with E-state index in [4.69, 9.17) is 11.6 Å². The summed E-state index contributed by atoms with van der Waals surface area (Å²) in [5, 5.41) is 13.2. The number of halogens is 5. The number of hydrogen-bond acceptors (Lipinski definition) is 3.